The van der Waals surface area contributed by atoms with Crippen molar-refractivity contribution in [2.24, 2.45) is 7.05 Å². The lowest BCUT2D eigenvalue weighted by Gasteiger charge is -2.08. The van der Waals surface area contributed by atoms with Crippen LogP contribution in [0.1, 0.15) is 16.8 Å². The van der Waals surface area contributed by atoms with Gasteiger partial charge in [0.2, 0.25) is 0 Å². The maximum atomic E-state index is 12.0. The normalized spacial score (nSPS) is 10.7. The second-order valence-corrected chi connectivity index (χ2v) is 5.91. The van der Waals surface area contributed by atoms with Gasteiger partial charge >= 0.3 is 6.03 Å². The number of nitrogens with zero attached hydrogens (tertiary/aromatic N) is 1. The number of carbonyl (C=O) groups excluding carboxylic acids is 1. The van der Waals surface area contributed by atoms with E-state index in [-0.39, 0.29) is 6.03 Å². The van der Waals surface area contributed by atoms with E-state index in [4.69, 9.17) is 0 Å². The highest BCUT2D eigenvalue weighted by atomic mass is 16.2. The molecule has 1 heterocycles. The number of nitrogens with one attached hydrogen (secondary N) is 2. The van der Waals surface area contributed by atoms with Crippen LogP contribution in [0.4, 0.5) is 10.5 Å². The molecule has 0 atom stereocenters. The summed E-state index contributed by atoms with van der Waals surface area (Å²) in [5, 5.41) is 6.92. The fourth-order valence-electron chi connectivity index (χ4n) is 2.64. The van der Waals surface area contributed by atoms with Crippen LogP contribution in [0.2, 0.25) is 0 Å². The van der Waals surface area contributed by atoms with E-state index >= 15 is 0 Å². The predicted octanol–water partition coefficient (Wildman–Crippen LogP) is 4.12. The number of anilines is 1. The monoisotopic (exact) mass is 307 g/mol. The average Bonchev–Trinajstić information content (AvgIpc) is 2.82. The molecule has 3 rings (SSSR count). The van der Waals surface area contributed by atoms with Gasteiger partial charge in [0.05, 0.1) is 0 Å². The van der Waals surface area contributed by atoms with Gasteiger partial charge in [0.15, 0.2) is 0 Å². The molecule has 4 heteroatoms. The van der Waals surface area contributed by atoms with E-state index in [1.807, 2.05) is 37.3 Å². The Bertz CT molecular complexity index is 847. The highest BCUT2D eigenvalue weighted by Gasteiger charge is 2.05. The predicted molar refractivity (Wildman–Crippen MR) is 94.7 cm³/mol. The molecule has 1 aromatic heterocycles. The number of rotatable bonds is 3. The Morgan fingerprint density at radius 1 is 1.04 bits per heavy atom. The van der Waals surface area contributed by atoms with Crippen LogP contribution in [0.5, 0.6) is 0 Å². The third-order valence-corrected chi connectivity index (χ3v) is 4.11. The van der Waals surface area contributed by atoms with Gasteiger partial charge in [0.1, 0.15) is 0 Å². The highest BCUT2D eigenvalue weighted by Crippen LogP contribution is 2.19. The molecule has 0 radical (unpaired) electrons. The smallest absolute Gasteiger partial charge is 0.319 e. The van der Waals surface area contributed by atoms with E-state index in [0.29, 0.717) is 6.54 Å². The number of fused-ring (bicyclic) bond motifs is 1. The van der Waals surface area contributed by atoms with Crippen molar-refractivity contribution in [3.05, 3.63) is 65.4 Å². The van der Waals surface area contributed by atoms with Crippen molar-refractivity contribution in [2.45, 2.75) is 20.4 Å². The molecular formula is C19H21N3O. The van der Waals surface area contributed by atoms with E-state index in [1.165, 1.54) is 22.2 Å². The number of aryl methyl sites for hydroxylation is 3. The number of aromatic nitrogens is 1. The van der Waals surface area contributed by atoms with Crippen molar-refractivity contribution in [1.82, 2.24) is 9.88 Å². The number of urea groups is 1. The topological polar surface area (TPSA) is 46.1 Å². The molecule has 3 aromatic rings. The number of carbonyl (C=O) groups is 1. The van der Waals surface area contributed by atoms with Crippen LogP contribution in [0, 0.1) is 13.8 Å². The molecule has 0 saturated carbocycles. The van der Waals surface area contributed by atoms with Crippen molar-refractivity contribution < 1.29 is 4.79 Å². The lowest BCUT2D eigenvalue weighted by atomic mass is 10.1. The molecule has 2 aromatic carbocycles. The van der Waals surface area contributed by atoms with Gasteiger partial charge < -0.3 is 15.2 Å². The minimum Gasteiger partial charge on any atom is -0.348 e. The van der Waals surface area contributed by atoms with Gasteiger partial charge in [-0.2, -0.15) is 0 Å². The summed E-state index contributed by atoms with van der Waals surface area (Å²) >= 11 is 0. The Kier molecular flexibility index (Phi) is 4.06. The Hall–Kier alpha value is -2.75. The van der Waals surface area contributed by atoms with Crippen LogP contribution in [0.15, 0.2) is 48.5 Å². The van der Waals surface area contributed by atoms with Gasteiger partial charge in [-0.15, -0.1) is 0 Å². The number of amides is 2. The Balaban J connectivity index is 1.63. The number of hydrogen-bond acceptors (Lipinski definition) is 1. The zero-order chi connectivity index (χ0) is 16.4. The zero-order valence-corrected chi connectivity index (χ0v) is 13.7. The van der Waals surface area contributed by atoms with Gasteiger partial charge in [-0.05, 0) is 49.7 Å². The largest absolute Gasteiger partial charge is 0.348 e. The molecule has 4 nitrogen and oxygen atoms in total. The van der Waals surface area contributed by atoms with E-state index in [2.05, 4.69) is 47.4 Å². The Labute approximate surface area is 136 Å². The molecule has 23 heavy (non-hydrogen) atoms. The number of benzene rings is 2. The Morgan fingerprint density at radius 3 is 2.52 bits per heavy atom. The van der Waals surface area contributed by atoms with Crippen molar-refractivity contribution >= 4 is 22.6 Å². The molecule has 118 valence electrons. The fourth-order valence-corrected chi connectivity index (χ4v) is 2.64. The van der Waals surface area contributed by atoms with Crippen LogP contribution in [-0.2, 0) is 13.6 Å². The average molecular weight is 307 g/mol. The molecule has 0 spiro atoms. The summed E-state index contributed by atoms with van der Waals surface area (Å²) in [6.07, 6.45) is 0. The first-order valence-corrected chi connectivity index (χ1v) is 7.69. The quantitative estimate of drug-likeness (QED) is 0.751. The highest BCUT2D eigenvalue weighted by molar-refractivity contribution is 5.89. The van der Waals surface area contributed by atoms with Crippen LogP contribution < -0.4 is 10.6 Å². The van der Waals surface area contributed by atoms with Gasteiger partial charge in [0.25, 0.3) is 0 Å². The maximum absolute atomic E-state index is 12.0. The molecule has 0 fully saturated rings. The molecule has 0 bridgehead atoms. The fraction of sp³-hybridized carbons (Fsp3) is 0.211. The van der Waals surface area contributed by atoms with Gasteiger partial charge in [-0.3, -0.25) is 0 Å². The van der Waals surface area contributed by atoms with Crippen molar-refractivity contribution in [3.63, 3.8) is 0 Å². The Morgan fingerprint density at radius 2 is 1.78 bits per heavy atom. The van der Waals surface area contributed by atoms with E-state index in [0.717, 1.165) is 11.3 Å². The summed E-state index contributed by atoms with van der Waals surface area (Å²) in [6, 6.07) is 16.0. The molecule has 0 saturated heterocycles. The SMILES string of the molecule is Cc1ccc(NC(=O)NCc2ccc3c(c2)cc(C)n3C)cc1. The molecule has 2 N–H and O–H groups in total. The van der Waals surface area contributed by atoms with Gasteiger partial charge in [-0.1, -0.05) is 23.8 Å². The second-order valence-electron chi connectivity index (χ2n) is 5.91. The van der Waals surface area contributed by atoms with Crippen LogP contribution in [0.3, 0.4) is 0 Å². The molecular weight excluding hydrogens is 286 g/mol. The molecule has 0 aliphatic carbocycles. The first-order chi connectivity index (χ1) is 11.0. The second kappa shape index (κ2) is 6.16. The van der Waals surface area contributed by atoms with Crippen molar-refractivity contribution in [2.75, 3.05) is 5.32 Å². The molecule has 0 unspecified atom stereocenters. The minimum absolute atomic E-state index is 0.196. The summed E-state index contributed by atoms with van der Waals surface area (Å²) in [7, 11) is 2.06. The maximum Gasteiger partial charge on any atom is 0.319 e. The lowest BCUT2D eigenvalue weighted by molar-refractivity contribution is 0.251. The lowest BCUT2D eigenvalue weighted by Crippen LogP contribution is -2.28. The van der Waals surface area contributed by atoms with E-state index in [9.17, 15) is 4.79 Å². The van der Waals surface area contributed by atoms with Crippen LogP contribution in [0.25, 0.3) is 10.9 Å². The molecule has 2 amide bonds. The minimum atomic E-state index is -0.196. The third-order valence-electron chi connectivity index (χ3n) is 4.11. The summed E-state index contributed by atoms with van der Waals surface area (Å²) in [5.74, 6) is 0. The number of hydrogen-bond donors (Lipinski definition) is 2. The van der Waals surface area contributed by atoms with E-state index in [1.54, 1.807) is 0 Å². The summed E-state index contributed by atoms with van der Waals surface area (Å²) in [6.45, 7) is 4.61. The summed E-state index contributed by atoms with van der Waals surface area (Å²) in [4.78, 5) is 12.0. The summed E-state index contributed by atoms with van der Waals surface area (Å²) < 4.78 is 2.16. The van der Waals surface area contributed by atoms with Crippen molar-refractivity contribution in [3.8, 4) is 0 Å². The summed E-state index contributed by atoms with van der Waals surface area (Å²) in [5.41, 5.74) is 5.48. The van der Waals surface area contributed by atoms with E-state index < -0.39 is 0 Å². The van der Waals surface area contributed by atoms with Gasteiger partial charge in [0, 0.05) is 35.9 Å². The van der Waals surface area contributed by atoms with Gasteiger partial charge in [-0.25, -0.2) is 4.79 Å². The van der Waals surface area contributed by atoms with Crippen LogP contribution >= 0.6 is 0 Å². The van der Waals surface area contributed by atoms with Crippen LogP contribution in [-0.4, -0.2) is 10.6 Å². The first kappa shape index (κ1) is 15.2. The third kappa shape index (κ3) is 3.37. The first-order valence-electron chi connectivity index (χ1n) is 7.69. The van der Waals surface area contributed by atoms with Crippen molar-refractivity contribution in [1.29, 1.82) is 0 Å². The molecule has 0 aliphatic rings. The molecule has 0 aliphatic heterocycles. The standard InChI is InChI=1S/C19H21N3O/c1-13-4-7-17(8-5-13)21-19(23)20-12-15-6-9-18-16(11-15)10-14(2)22(18)3/h4-11H,12H2,1-3H3,(H2,20,21,23). The zero-order valence-electron chi connectivity index (χ0n) is 13.7.